The summed E-state index contributed by atoms with van der Waals surface area (Å²) in [6, 6.07) is 5.61. The van der Waals surface area contributed by atoms with Gasteiger partial charge in [-0.2, -0.15) is 4.76 Å². The third-order valence-electron chi connectivity index (χ3n) is 3.17. The third kappa shape index (κ3) is 4.51. The predicted octanol–water partition coefficient (Wildman–Crippen LogP) is 0.921. The molecule has 0 saturated heterocycles. The largest absolute Gasteiger partial charge is 0.508 e. The van der Waals surface area contributed by atoms with Gasteiger partial charge in [0.1, 0.15) is 11.5 Å². The average molecular weight is 341 g/mol. The molecule has 0 unspecified atom stereocenters. The molecule has 0 aliphatic heterocycles. The molecule has 0 saturated carbocycles. The molecule has 0 spiro atoms. The van der Waals surface area contributed by atoms with Gasteiger partial charge in [-0.1, -0.05) is 18.2 Å². The van der Waals surface area contributed by atoms with Gasteiger partial charge in [0.25, 0.3) is 0 Å². The Morgan fingerprint density at radius 2 is 1.74 bits per heavy atom. The standard InChI is InChI=1S/C14H16NO7P/c16-10-6-4-9(5-7-10)8-14(18,19)13-11(15-23(20,21)22)2-1-3-12(13)17/h1,3-7,16-19H,2,8H2,(H2,20,21,22). The molecule has 0 amide bonds. The van der Waals surface area contributed by atoms with Crippen molar-refractivity contribution in [2.75, 3.05) is 0 Å². The van der Waals surface area contributed by atoms with Gasteiger partial charge in [-0.3, -0.25) is 0 Å². The summed E-state index contributed by atoms with van der Waals surface area (Å²) < 4.78 is 14.2. The molecule has 1 aromatic carbocycles. The summed E-state index contributed by atoms with van der Waals surface area (Å²) >= 11 is 0. The molecule has 1 aromatic rings. The van der Waals surface area contributed by atoms with Crippen molar-refractivity contribution < 1.29 is 34.8 Å². The van der Waals surface area contributed by atoms with Crippen molar-refractivity contribution >= 4 is 13.5 Å². The van der Waals surface area contributed by atoms with Crippen LogP contribution in [0.4, 0.5) is 0 Å². The Labute approximate surface area is 131 Å². The Bertz CT molecular complexity index is 728. The lowest BCUT2D eigenvalue weighted by Gasteiger charge is -2.28. The average Bonchev–Trinajstić information content (AvgIpc) is 2.39. The van der Waals surface area contributed by atoms with Crippen molar-refractivity contribution in [1.29, 1.82) is 0 Å². The molecule has 1 aliphatic carbocycles. The van der Waals surface area contributed by atoms with Gasteiger partial charge in [-0.25, -0.2) is 4.57 Å². The first-order valence-electron chi connectivity index (χ1n) is 6.56. The van der Waals surface area contributed by atoms with E-state index in [9.17, 15) is 25.0 Å². The van der Waals surface area contributed by atoms with Crippen molar-refractivity contribution in [3.63, 3.8) is 0 Å². The number of allylic oxidation sites excluding steroid dienone is 2. The minimum Gasteiger partial charge on any atom is -0.508 e. The fraction of sp³-hybridized carbons (Fsp3) is 0.214. The van der Waals surface area contributed by atoms with Crippen molar-refractivity contribution in [2.45, 2.75) is 18.6 Å². The molecule has 8 nitrogen and oxygen atoms in total. The highest BCUT2D eigenvalue weighted by atomic mass is 31.2. The number of aliphatic hydroxyl groups is 3. The van der Waals surface area contributed by atoms with Gasteiger partial charge in [0, 0.05) is 12.8 Å². The molecule has 0 radical (unpaired) electrons. The van der Waals surface area contributed by atoms with Crippen LogP contribution >= 0.6 is 7.75 Å². The Morgan fingerprint density at radius 3 is 2.30 bits per heavy atom. The van der Waals surface area contributed by atoms with E-state index in [4.69, 9.17) is 9.79 Å². The van der Waals surface area contributed by atoms with Crippen molar-refractivity contribution in [3.8, 4) is 5.75 Å². The summed E-state index contributed by atoms with van der Waals surface area (Å²) in [5, 5.41) is 39.7. The second-order valence-corrected chi connectivity index (χ2v) is 6.31. The Hall–Kier alpha value is -1.96. The zero-order valence-electron chi connectivity index (χ0n) is 11.9. The van der Waals surface area contributed by atoms with Gasteiger partial charge >= 0.3 is 7.75 Å². The number of phenolic OH excluding ortho intramolecular Hbond substituents is 1. The fourth-order valence-corrected chi connectivity index (χ4v) is 2.78. The monoisotopic (exact) mass is 341 g/mol. The molecular weight excluding hydrogens is 325 g/mol. The molecule has 0 bridgehead atoms. The topological polar surface area (TPSA) is 151 Å². The van der Waals surface area contributed by atoms with Crippen molar-refractivity contribution in [1.82, 2.24) is 0 Å². The van der Waals surface area contributed by atoms with Gasteiger partial charge in [0.2, 0.25) is 0 Å². The number of nitrogens with zero attached hydrogens (tertiary/aromatic N) is 1. The van der Waals surface area contributed by atoms with Gasteiger partial charge < -0.3 is 30.2 Å². The number of rotatable bonds is 4. The predicted molar refractivity (Wildman–Crippen MR) is 81.9 cm³/mol. The second-order valence-electron chi connectivity index (χ2n) is 5.09. The second kappa shape index (κ2) is 6.27. The minimum absolute atomic E-state index is 0.00152. The fourth-order valence-electron chi connectivity index (χ4n) is 2.29. The lowest BCUT2D eigenvalue weighted by molar-refractivity contribution is -0.123. The maximum atomic E-state index is 11.1. The van der Waals surface area contributed by atoms with E-state index in [0.717, 1.165) is 0 Å². The summed E-state index contributed by atoms with van der Waals surface area (Å²) in [7, 11) is -4.80. The normalized spacial score (nSPS) is 17.8. The minimum atomic E-state index is -4.80. The first-order chi connectivity index (χ1) is 10.6. The van der Waals surface area contributed by atoms with E-state index in [1.54, 1.807) is 0 Å². The molecule has 1 aliphatic rings. The van der Waals surface area contributed by atoms with Crippen LogP contribution < -0.4 is 0 Å². The smallest absolute Gasteiger partial charge is 0.448 e. The number of aromatic hydroxyl groups is 1. The van der Waals surface area contributed by atoms with E-state index >= 15 is 0 Å². The molecule has 23 heavy (non-hydrogen) atoms. The number of hydrogen-bond donors (Lipinski definition) is 6. The van der Waals surface area contributed by atoms with Crippen LogP contribution in [0.5, 0.6) is 5.75 Å². The van der Waals surface area contributed by atoms with E-state index in [2.05, 4.69) is 4.76 Å². The van der Waals surface area contributed by atoms with Gasteiger partial charge in [0.15, 0.2) is 5.79 Å². The molecule has 2 rings (SSSR count). The molecular formula is C14H16NO7P. The SMILES string of the molecule is O=P(O)(O)N=C1CC=CC(O)=C1C(O)(O)Cc1ccc(O)cc1. The summed E-state index contributed by atoms with van der Waals surface area (Å²) in [4.78, 5) is 17.9. The van der Waals surface area contributed by atoms with E-state index in [0.29, 0.717) is 5.56 Å². The summed E-state index contributed by atoms with van der Waals surface area (Å²) in [5.74, 6) is -3.13. The van der Waals surface area contributed by atoms with Gasteiger partial charge in [-0.05, 0) is 23.8 Å². The lowest BCUT2D eigenvalue weighted by atomic mass is 9.89. The van der Waals surface area contributed by atoms with Crippen LogP contribution in [0.3, 0.4) is 0 Å². The Balaban J connectivity index is 2.41. The Kier molecular flexibility index (Phi) is 4.74. The van der Waals surface area contributed by atoms with E-state index in [1.165, 1.54) is 36.4 Å². The first-order valence-corrected chi connectivity index (χ1v) is 8.13. The maximum absolute atomic E-state index is 11.1. The molecule has 9 heteroatoms. The zero-order chi connectivity index (χ0) is 17.3. The highest BCUT2D eigenvalue weighted by molar-refractivity contribution is 7.50. The van der Waals surface area contributed by atoms with Crippen LogP contribution in [-0.4, -0.2) is 41.7 Å². The molecule has 0 heterocycles. The van der Waals surface area contributed by atoms with Crippen LogP contribution in [-0.2, 0) is 11.0 Å². The summed E-state index contributed by atoms with van der Waals surface area (Å²) in [6.45, 7) is 0. The molecule has 6 N–H and O–H groups in total. The number of benzene rings is 1. The van der Waals surface area contributed by atoms with Crippen LogP contribution in [0, 0.1) is 0 Å². The number of phenols is 1. The maximum Gasteiger partial charge on any atom is 0.448 e. The summed E-state index contributed by atoms with van der Waals surface area (Å²) in [5.41, 5.74) is -0.336. The van der Waals surface area contributed by atoms with E-state index < -0.39 is 24.9 Å². The van der Waals surface area contributed by atoms with Gasteiger partial charge in [0.05, 0.1) is 11.3 Å². The molecule has 124 valence electrons. The summed E-state index contributed by atoms with van der Waals surface area (Å²) in [6.07, 6.45) is 2.15. The lowest BCUT2D eigenvalue weighted by Crippen LogP contribution is -2.38. The quantitative estimate of drug-likeness (QED) is 0.352. The number of aliphatic hydroxyl groups excluding tert-OH is 1. The number of hydrogen-bond acceptors (Lipinski definition) is 5. The van der Waals surface area contributed by atoms with Crippen LogP contribution in [0.1, 0.15) is 12.0 Å². The van der Waals surface area contributed by atoms with E-state index in [1.807, 2.05) is 0 Å². The van der Waals surface area contributed by atoms with Crippen LogP contribution in [0.2, 0.25) is 0 Å². The highest BCUT2D eigenvalue weighted by Gasteiger charge is 2.37. The molecule has 0 atom stereocenters. The Morgan fingerprint density at radius 1 is 1.13 bits per heavy atom. The molecule has 0 aromatic heterocycles. The van der Waals surface area contributed by atoms with E-state index in [-0.39, 0.29) is 24.3 Å². The first kappa shape index (κ1) is 17.4. The third-order valence-corrected chi connectivity index (χ3v) is 3.67. The van der Waals surface area contributed by atoms with Crippen molar-refractivity contribution in [2.24, 2.45) is 4.76 Å². The van der Waals surface area contributed by atoms with Gasteiger partial charge in [-0.15, -0.1) is 0 Å². The van der Waals surface area contributed by atoms with Crippen LogP contribution in [0.25, 0.3) is 0 Å². The molecule has 0 fully saturated rings. The van der Waals surface area contributed by atoms with Crippen molar-refractivity contribution in [3.05, 3.63) is 53.3 Å². The van der Waals surface area contributed by atoms with Crippen LogP contribution in [0.15, 0.2) is 52.5 Å². The highest BCUT2D eigenvalue weighted by Crippen LogP contribution is 2.40. The zero-order valence-corrected chi connectivity index (χ0v) is 12.8.